The number of imidazole rings is 1. The molecule has 3 aromatic rings. The Kier molecular flexibility index (Phi) is 9.91. The molecule has 0 bridgehead atoms. The van der Waals surface area contributed by atoms with E-state index in [1.807, 2.05) is 33.9 Å². The van der Waals surface area contributed by atoms with E-state index in [0.29, 0.717) is 44.3 Å². The van der Waals surface area contributed by atoms with Crippen LogP contribution >= 0.6 is 0 Å². The van der Waals surface area contributed by atoms with Crippen molar-refractivity contribution in [3.63, 3.8) is 0 Å². The summed E-state index contributed by atoms with van der Waals surface area (Å²) < 4.78 is 51.1. The SMILES string of the molecule is COCC(=O)N1CCN(Cc2ccc(OC)c(OCCn3ccnc3)c2)C[C@](O)(COc2ccc(F)c(F)c2)C1. The number of hydrogen-bond acceptors (Lipinski definition) is 8. The summed E-state index contributed by atoms with van der Waals surface area (Å²) in [6.45, 7) is 2.10. The molecular weight excluding hydrogens is 526 g/mol. The van der Waals surface area contributed by atoms with Crippen LogP contribution in [0, 0.1) is 11.6 Å². The van der Waals surface area contributed by atoms with E-state index in [-0.39, 0.29) is 38.0 Å². The van der Waals surface area contributed by atoms with Gasteiger partial charge < -0.3 is 33.5 Å². The molecule has 2 heterocycles. The normalized spacial score (nSPS) is 17.9. The van der Waals surface area contributed by atoms with Crippen LogP contribution in [0.15, 0.2) is 55.1 Å². The Morgan fingerprint density at radius 3 is 2.62 bits per heavy atom. The van der Waals surface area contributed by atoms with Crippen LogP contribution in [0.4, 0.5) is 8.78 Å². The predicted molar refractivity (Wildman–Crippen MR) is 141 cm³/mol. The average molecular weight is 561 g/mol. The van der Waals surface area contributed by atoms with E-state index in [0.717, 1.165) is 17.7 Å². The molecule has 1 aliphatic rings. The third kappa shape index (κ3) is 7.90. The molecule has 0 radical (unpaired) electrons. The Bertz CT molecular complexity index is 1260. The monoisotopic (exact) mass is 560 g/mol. The van der Waals surface area contributed by atoms with Gasteiger partial charge in [-0.15, -0.1) is 0 Å². The fourth-order valence-corrected chi connectivity index (χ4v) is 4.55. The van der Waals surface area contributed by atoms with Crippen molar-refractivity contribution >= 4 is 5.91 Å². The van der Waals surface area contributed by atoms with Gasteiger partial charge in [-0.05, 0) is 29.8 Å². The van der Waals surface area contributed by atoms with E-state index >= 15 is 0 Å². The number of hydrogen-bond donors (Lipinski definition) is 1. The molecular formula is C28H34F2N4O6. The molecule has 2 aromatic carbocycles. The molecule has 0 unspecified atom stereocenters. The van der Waals surface area contributed by atoms with Gasteiger partial charge in [-0.1, -0.05) is 6.07 Å². The highest BCUT2D eigenvalue weighted by Crippen LogP contribution is 2.29. The first-order valence-electron chi connectivity index (χ1n) is 12.8. The zero-order chi connectivity index (χ0) is 28.5. The van der Waals surface area contributed by atoms with Crippen LogP contribution in [0.25, 0.3) is 0 Å². The van der Waals surface area contributed by atoms with Crippen LogP contribution in [0.2, 0.25) is 0 Å². The molecule has 216 valence electrons. The van der Waals surface area contributed by atoms with Gasteiger partial charge in [0.15, 0.2) is 23.1 Å². The number of rotatable bonds is 12. The number of ether oxygens (including phenoxy) is 4. The lowest BCUT2D eigenvalue weighted by molar-refractivity contribution is -0.138. The molecule has 1 N–H and O–H groups in total. The van der Waals surface area contributed by atoms with Crippen molar-refractivity contribution in [1.82, 2.24) is 19.4 Å². The third-order valence-corrected chi connectivity index (χ3v) is 6.51. The van der Waals surface area contributed by atoms with Crippen LogP contribution in [-0.2, 0) is 22.6 Å². The van der Waals surface area contributed by atoms with Crippen LogP contribution in [0.3, 0.4) is 0 Å². The molecule has 1 amide bonds. The Labute approximate surface area is 231 Å². The minimum atomic E-state index is -1.50. The van der Waals surface area contributed by atoms with Gasteiger partial charge in [0.2, 0.25) is 5.91 Å². The van der Waals surface area contributed by atoms with Crippen molar-refractivity contribution in [2.75, 3.05) is 60.2 Å². The predicted octanol–water partition coefficient (Wildman–Crippen LogP) is 2.35. The number of amides is 1. The molecule has 1 saturated heterocycles. The molecule has 1 aliphatic heterocycles. The molecule has 10 nitrogen and oxygen atoms in total. The fourth-order valence-electron chi connectivity index (χ4n) is 4.55. The van der Waals surface area contributed by atoms with Crippen molar-refractivity contribution in [3.8, 4) is 17.2 Å². The molecule has 1 aromatic heterocycles. The van der Waals surface area contributed by atoms with Crippen molar-refractivity contribution < 1.29 is 37.6 Å². The largest absolute Gasteiger partial charge is 0.493 e. The minimum absolute atomic E-state index is 0.0133. The highest BCUT2D eigenvalue weighted by molar-refractivity contribution is 5.77. The zero-order valence-electron chi connectivity index (χ0n) is 22.6. The molecule has 0 spiro atoms. The molecule has 4 rings (SSSR count). The first-order chi connectivity index (χ1) is 19.3. The van der Waals surface area contributed by atoms with E-state index < -0.39 is 17.2 Å². The highest BCUT2D eigenvalue weighted by Gasteiger charge is 2.37. The number of methoxy groups -OCH3 is 2. The minimum Gasteiger partial charge on any atom is -0.493 e. The summed E-state index contributed by atoms with van der Waals surface area (Å²) >= 11 is 0. The molecule has 40 heavy (non-hydrogen) atoms. The van der Waals surface area contributed by atoms with Crippen molar-refractivity contribution in [2.24, 2.45) is 0 Å². The molecule has 0 saturated carbocycles. The van der Waals surface area contributed by atoms with Gasteiger partial charge in [0.25, 0.3) is 0 Å². The van der Waals surface area contributed by atoms with Gasteiger partial charge in [-0.25, -0.2) is 13.8 Å². The lowest BCUT2D eigenvalue weighted by Crippen LogP contribution is -2.52. The Morgan fingerprint density at radius 1 is 1.05 bits per heavy atom. The summed E-state index contributed by atoms with van der Waals surface area (Å²) in [5.41, 5.74) is -0.583. The van der Waals surface area contributed by atoms with E-state index in [9.17, 15) is 18.7 Å². The number of halogens is 2. The second-order valence-electron chi connectivity index (χ2n) is 9.68. The van der Waals surface area contributed by atoms with Gasteiger partial charge in [0, 0.05) is 51.7 Å². The quantitative estimate of drug-likeness (QED) is 0.361. The maximum absolute atomic E-state index is 13.7. The second-order valence-corrected chi connectivity index (χ2v) is 9.68. The topological polar surface area (TPSA) is 98.5 Å². The van der Waals surface area contributed by atoms with Crippen LogP contribution < -0.4 is 14.2 Å². The molecule has 1 atom stereocenters. The van der Waals surface area contributed by atoms with Crippen molar-refractivity contribution in [3.05, 3.63) is 72.3 Å². The van der Waals surface area contributed by atoms with Crippen molar-refractivity contribution in [1.29, 1.82) is 0 Å². The lowest BCUT2D eigenvalue weighted by Gasteiger charge is -2.33. The second kappa shape index (κ2) is 13.6. The van der Waals surface area contributed by atoms with E-state index in [2.05, 4.69) is 4.98 Å². The number of benzene rings is 2. The first kappa shape index (κ1) is 29.2. The summed E-state index contributed by atoms with van der Waals surface area (Å²) in [5.74, 6) is -1.06. The number of carbonyl (C=O) groups excluding carboxylic acids is 1. The standard InChI is InChI=1S/C28H34F2N4O6/c1-37-16-27(35)34-10-9-33(17-28(36,18-34)19-40-22-4-5-23(29)24(30)14-22)15-21-3-6-25(38-2)26(13-21)39-12-11-32-8-7-31-20-32/h3-8,13-14,20,36H,9-12,15-19H2,1-2H3/t28-/m1/s1. The average Bonchev–Trinajstić information content (AvgIpc) is 3.39. The molecule has 0 aliphatic carbocycles. The maximum atomic E-state index is 13.7. The van der Waals surface area contributed by atoms with E-state index in [1.165, 1.54) is 18.1 Å². The van der Waals surface area contributed by atoms with E-state index in [4.69, 9.17) is 18.9 Å². The van der Waals surface area contributed by atoms with Crippen LogP contribution in [0.5, 0.6) is 17.2 Å². The number of nitrogens with zero attached hydrogens (tertiary/aromatic N) is 4. The van der Waals surface area contributed by atoms with Gasteiger partial charge in [-0.2, -0.15) is 0 Å². The Hall–Kier alpha value is -3.74. The molecule has 12 heteroatoms. The summed E-state index contributed by atoms with van der Waals surface area (Å²) in [5, 5.41) is 11.6. The summed E-state index contributed by atoms with van der Waals surface area (Å²) in [6.07, 6.45) is 5.28. The summed E-state index contributed by atoms with van der Waals surface area (Å²) in [6, 6.07) is 8.80. The highest BCUT2D eigenvalue weighted by atomic mass is 19.2. The smallest absolute Gasteiger partial charge is 0.248 e. The summed E-state index contributed by atoms with van der Waals surface area (Å²) in [7, 11) is 3.00. The van der Waals surface area contributed by atoms with Gasteiger partial charge >= 0.3 is 0 Å². The first-order valence-corrected chi connectivity index (χ1v) is 12.8. The fraction of sp³-hybridized carbons (Fsp3) is 0.429. The zero-order valence-corrected chi connectivity index (χ0v) is 22.6. The van der Waals surface area contributed by atoms with Crippen LogP contribution in [-0.4, -0.2) is 96.2 Å². The van der Waals surface area contributed by atoms with E-state index in [1.54, 1.807) is 19.6 Å². The number of carbonyl (C=O) groups is 1. The Morgan fingerprint density at radius 2 is 1.90 bits per heavy atom. The van der Waals surface area contributed by atoms with Gasteiger partial charge in [0.1, 0.15) is 31.2 Å². The van der Waals surface area contributed by atoms with Gasteiger partial charge in [-0.3, -0.25) is 9.69 Å². The number of β-amino-alcohol motifs (C(OH)–C–C–N with tert-alkyl or cyclic N) is 1. The maximum Gasteiger partial charge on any atom is 0.248 e. The third-order valence-electron chi connectivity index (χ3n) is 6.51. The van der Waals surface area contributed by atoms with Crippen molar-refractivity contribution in [2.45, 2.75) is 18.7 Å². The Balaban J connectivity index is 1.47. The molecule has 1 fully saturated rings. The number of aromatic nitrogens is 2. The van der Waals surface area contributed by atoms with Gasteiger partial charge in [0.05, 0.1) is 26.5 Å². The number of aliphatic hydroxyl groups is 1. The lowest BCUT2D eigenvalue weighted by atomic mass is 10.0. The summed E-state index contributed by atoms with van der Waals surface area (Å²) in [4.78, 5) is 20.2. The van der Waals surface area contributed by atoms with Crippen LogP contribution in [0.1, 0.15) is 5.56 Å².